The zero-order valence-corrected chi connectivity index (χ0v) is 9.94. The lowest BCUT2D eigenvalue weighted by Gasteiger charge is -2.29. The lowest BCUT2D eigenvalue weighted by atomic mass is 10.0. The number of thiophene rings is 1. The number of sulfone groups is 1. The molecule has 1 aliphatic heterocycles. The van der Waals surface area contributed by atoms with Crippen molar-refractivity contribution >= 4 is 21.2 Å². The van der Waals surface area contributed by atoms with Crippen molar-refractivity contribution in [3.8, 4) is 0 Å². The van der Waals surface area contributed by atoms with Gasteiger partial charge in [0.05, 0.1) is 17.4 Å². The highest BCUT2D eigenvalue weighted by atomic mass is 32.2. The van der Waals surface area contributed by atoms with E-state index in [-0.39, 0.29) is 4.21 Å². The fourth-order valence-electron chi connectivity index (χ4n) is 1.74. The molecule has 2 rings (SSSR count). The minimum absolute atomic E-state index is 0.197. The van der Waals surface area contributed by atoms with Gasteiger partial charge < -0.3 is 5.11 Å². The number of aliphatic hydroxyl groups excluding tert-OH is 1. The molecule has 3 atom stereocenters. The van der Waals surface area contributed by atoms with E-state index in [1.807, 2.05) is 0 Å². The summed E-state index contributed by atoms with van der Waals surface area (Å²) < 4.78 is 24.1. The SMILES string of the molecule is C[C@H]1C(O)C(N=[N+]=[N-])c2ccsc2S1(=O)=O. The minimum atomic E-state index is -3.49. The zero-order valence-electron chi connectivity index (χ0n) is 8.31. The number of aliphatic hydroxyl groups is 1. The molecule has 0 saturated carbocycles. The number of hydrogen-bond acceptors (Lipinski definition) is 5. The smallest absolute Gasteiger partial charge is 0.193 e. The summed E-state index contributed by atoms with van der Waals surface area (Å²) in [7, 11) is -3.49. The molecule has 8 heteroatoms. The molecule has 2 heterocycles. The maximum Gasteiger partial charge on any atom is 0.193 e. The van der Waals surface area contributed by atoms with Crippen LogP contribution in [-0.4, -0.2) is 24.9 Å². The van der Waals surface area contributed by atoms with Crippen LogP contribution in [0.3, 0.4) is 0 Å². The number of rotatable bonds is 1. The van der Waals surface area contributed by atoms with Crippen molar-refractivity contribution in [1.29, 1.82) is 0 Å². The molecule has 0 bridgehead atoms. The van der Waals surface area contributed by atoms with Gasteiger partial charge in [0.15, 0.2) is 9.84 Å². The molecule has 16 heavy (non-hydrogen) atoms. The number of azide groups is 1. The molecule has 1 N–H and O–H groups in total. The van der Waals surface area contributed by atoms with Gasteiger partial charge in [0.25, 0.3) is 0 Å². The van der Waals surface area contributed by atoms with Crippen molar-refractivity contribution in [2.45, 2.75) is 28.5 Å². The highest BCUT2D eigenvalue weighted by Gasteiger charge is 2.43. The van der Waals surface area contributed by atoms with Gasteiger partial charge in [0.1, 0.15) is 4.21 Å². The van der Waals surface area contributed by atoms with Crippen LogP contribution in [0.4, 0.5) is 0 Å². The van der Waals surface area contributed by atoms with Crippen LogP contribution in [-0.2, 0) is 9.84 Å². The van der Waals surface area contributed by atoms with Gasteiger partial charge in [-0.25, -0.2) is 8.42 Å². The van der Waals surface area contributed by atoms with Crippen molar-refractivity contribution < 1.29 is 13.5 Å². The zero-order chi connectivity index (χ0) is 11.9. The van der Waals surface area contributed by atoms with Crippen molar-refractivity contribution in [2.75, 3.05) is 0 Å². The Morgan fingerprint density at radius 1 is 1.62 bits per heavy atom. The van der Waals surface area contributed by atoms with Crippen LogP contribution in [0.2, 0.25) is 0 Å². The molecule has 1 aliphatic rings. The summed E-state index contributed by atoms with van der Waals surface area (Å²) >= 11 is 1.09. The Hall–Kier alpha value is -1.08. The molecule has 0 spiro atoms. The number of fused-ring (bicyclic) bond motifs is 1. The molecule has 0 radical (unpaired) electrons. The first-order valence-electron chi connectivity index (χ1n) is 4.53. The predicted octanol–water partition coefficient (Wildman–Crippen LogP) is 1.64. The molecule has 0 amide bonds. The summed E-state index contributed by atoms with van der Waals surface area (Å²) in [5.74, 6) is 0. The first-order chi connectivity index (χ1) is 7.50. The first-order valence-corrected chi connectivity index (χ1v) is 6.96. The van der Waals surface area contributed by atoms with Gasteiger partial charge in [-0.05, 0) is 29.5 Å². The molecule has 1 aromatic rings. The largest absolute Gasteiger partial charge is 0.391 e. The van der Waals surface area contributed by atoms with E-state index in [1.165, 1.54) is 6.92 Å². The Kier molecular flexibility index (Phi) is 2.67. The van der Waals surface area contributed by atoms with Crippen LogP contribution in [0.15, 0.2) is 20.8 Å². The van der Waals surface area contributed by atoms with Crippen molar-refractivity contribution in [3.63, 3.8) is 0 Å². The third kappa shape index (κ3) is 1.42. The molecular formula is C8H9N3O3S2. The summed E-state index contributed by atoms with van der Waals surface area (Å²) in [5, 5.41) is 14.0. The molecular weight excluding hydrogens is 250 g/mol. The predicted molar refractivity (Wildman–Crippen MR) is 58.9 cm³/mol. The van der Waals surface area contributed by atoms with E-state index in [0.717, 1.165) is 11.3 Å². The van der Waals surface area contributed by atoms with Gasteiger partial charge in [0, 0.05) is 4.91 Å². The maximum atomic E-state index is 11.9. The molecule has 1 aromatic heterocycles. The standard InChI is InChI=1S/C8H9N3O3S2/c1-4-7(12)6(10-11-9)5-2-3-15-8(5)16(4,13)14/h2-4,6-7,12H,1H3/t4-,6?,7?/m0/s1. The maximum absolute atomic E-state index is 11.9. The Balaban J connectivity index is 2.69. The van der Waals surface area contributed by atoms with Crippen LogP contribution in [0.5, 0.6) is 0 Å². The lowest BCUT2D eigenvalue weighted by Crippen LogP contribution is -2.39. The summed E-state index contributed by atoms with van der Waals surface area (Å²) in [4.78, 5) is 2.65. The summed E-state index contributed by atoms with van der Waals surface area (Å²) in [6.45, 7) is 1.42. The fourth-order valence-corrected chi connectivity index (χ4v) is 4.93. The second-order valence-electron chi connectivity index (χ2n) is 3.55. The normalized spacial score (nSPS) is 31.5. The monoisotopic (exact) mass is 259 g/mol. The highest BCUT2D eigenvalue weighted by molar-refractivity contribution is 7.94. The van der Waals surface area contributed by atoms with E-state index in [0.29, 0.717) is 5.56 Å². The van der Waals surface area contributed by atoms with Crippen molar-refractivity contribution in [2.24, 2.45) is 5.11 Å². The van der Waals surface area contributed by atoms with Gasteiger partial charge in [-0.1, -0.05) is 5.11 Å². The molecule has 2 unspecified atom stereocenters. The second-order valence-corrected chi connectivity index (χ2v) is 6.97. The average Bonchev–Trinajstić information content (AvgIpc) is 2.71. The molecule has 0 aromatic carbocycles. The summed E-state index contributed by atoms with van der Waals surface area (Å²) in [5.41, 5.74) is 8.81. The summed E-state index contributed by atoms with van der Waals surface area (Å²) in [6.07, 6.45) is -1.19. The van der Waals surface area contributed by atoms with Crippen LogP contribution >= 0.6 is 11.3 Å². The van der Waals surface area contributed by atoms with E-state index in [2.05, 4.69) is 10.0 Å². The average molecular weight is 259 g/mol. The molecule has 86 valence electrons. The minimum Gasteiger partial charge on any atom is -0.391 e. The number of hydrogen-bond donors (Lipinski definition) is 1. The Bertz CT molecular complexity index is 559. The third-order valence-electron chi connectivity index (χ3n) is 2.71. The van der Waals surface area contributed by atoms with Crippen LogP contribution in [0.25, 0.3) is 10.4 Å². The van der Waals surface area contributed by atoms with Gasteiger partial charge >= 0.3 is 0 Å². The lowest BCUT2D eigenvalue weighted by molar-refractivity contribution is 0.139. The first kappa shape index (κ1) is 11.4. The Morgan fingerprint density at radius 3 is 2.94 bits per heavy atom. The van der Waals surface area contributed by atoms with E-state index in [4.69, 9.17) is 5.53 Å². The van der Waals surface area contributed by atoms with E-state index >= 15 is 0 Å². The second kappa shape index (κ2) is 3.74. The van der Waals surface area contributed by atoms with E-state index in [9.17, 15) is 13.5 Å². The third-order valence-corrected chi connectivity index (χ3v) is 6.42. The Labute approximate surface area is 96.1 Å². The van der Waals surface area contributed by atoms with Gasteiger partial charge in [-0.3, -0.25) is 0 Å². The van der Waals surface area contributed by atoms with Crippen LogP contribution in [0.1, 0.15) is 18.5 Å². The van der Waals surface area contributed by atoms with Gasteiger partial charge in [-0.2, -0.15) is 0 Å². The fraction of sp³-hybridized carbons (Fsp3) is 0.500. The van der Waals surface area contributed by atoms with Gasteiger partial charge in [0.2, 0.25) is 0 Å². The summed E-state index contributed by atoms with van der Waals surface area (Å²) in [6, 6.07) is 0.760. The van der Waals surface area contributed by atoms with E-state index in [1.54, 1.807) is 11.4 Å². The van der Waals surface area contributed by atoms with E-state index < -0.39 is 27.2 Å². The quantitative estimate of drug-likeness (QED) is 0.471. The molecule has 6 nitrogen and oxygen atoms in total. The number of nitrogens with zero attached hydrogens (tertiary/aromatic N) is 3. The topological polar surface area (TPSA) is 103 Å². The van der Waals surface area contributed by atoms with Crippen molar-refractivity contribution in [3.05, 3.63) is 27.5 Å². The van der Waals surface area contributed by atoms with Crippen LogP contribution < -0.4 is 0 Å². The molecule has 0 fully saturated rings. The van der Waals surface area contributed by atoms with Crippen LogP contribution in [0, 0.1) is 0 Å². The molecule has 0 aliphatic carbocycles. The Morgan fingerprint density at radius 2 is 2.31 bits per heavy atom. The van der Waals surface area contributed by atoms with Crippen molar-refractivity contribution in [1.82, 2.24) is 0 Å². The highest BCUT2D eigenvalue weighted by Crippen LogP contribution is 2.41. The van der Waals surface area contributed by atoms with Gasteiger partial charge in [-0.15, -0.1) is 11.3 Å². The molecule has 0 saturated heterocycles.